The average molecular weight is 426 g/mol. The van der Waals surface area contributed by atoms with E-state index in [4.69, 9.17) is 18.9 Å². The molecule has 5 unspecified atom stereocenters. The van der Waals surface area contributed by atoms with Gasteiger partial charge in [0.05, 0.1) is 31.8 Å². The molecular weight excluding hydrogens is 396 g/mol. The highest BCUT2D eigenvalue weighted by Gasteiger charge is 2.50. The molecule has 29 heavy (non-hydrogen) atoms. The van der Waals surface area contributed by atoms with Crippen molar-refractivity contribution < 1.29 is 59.5 Å². The second-order valence-corrected chi connectivity index (χ2v) is 7.36. The van der Waals surface area contributed by atoms with Gasteiger partial charge < -0.3 is 54.7 Å². The Hall–Kier alpha value is -0.930. The first-order valence-electron chi connectivity index (χ1n) is 9.38. The fourth-order valence-electron chi connectivity index (χ4n) is 3.37. The normalized spacial score (nSPS) is 44.3. The van der Waals surface area contributed by atoms with Gasteiger partial charge in [-0.2, -0.15) is 0 Å². The molecule has 0 aromatic carbocycles. The van der Waals surface area contributed by atoms with Gasteiger partial charge >= 0.3 is 5.97 Å². The number of hydrogen-bond donors (Lipinski definition) is 7. The van der Waals surface area contributed by atoms with E-state index < -0.39 is 86.5 Å². The molecule has 0 bridgehead atoms. The monoisotopic (exact) mass is 426 g/mol. The number of aliphatic hydroxyl groups excluding tert-OH is 7. The average Bonchev–Trinajstić information content (AvgIpc) is 2.66. The largest absolute Gasteiger partial charge is 0.457 e. The zero-order chi connectivity index (χ0) is 21.9. The van der Waals surface area contributed by atoms with Crippen molar-refractivity contribution >= 4 is 5.97 Å². The summed E-state index contributed by atoms with van der Waals surface area (Å²) in [6.45, 7) is 1.66. The summed E-state index contributed by atoms with van der Waals surface area (Å²) in [5.41, 5.74) is 0. The first-order valence-corrected chi connectivity index (χ1v) is 9.38. The molecule has 11 atom stereocenters. The van der Waals surface area contributed by atoms with Crippen molar-refractivity contribution in [2.45, 2.75) is 87.6 Å². The van der Waals surface area contributed by atoms with Crippen LogP contribution in [0, 0.1) is 0 Å². The van der Waals surface area contributed by atoms with Crippen LogP contribution in [0.3, 0.4) is 0 Å². The van der Waals surface area contributed by atoms with Crippen molar-refractivity contribution in [2.24, 2.45) is 0 Å². The number of aliphatic hydroxyl groups is 7. The lowest BCUT2D eigenvalue weighted by Gasteiger charge is -2.46. The molecule has 0 aromatic heterocycles. The standard InChI is InChI=1S/C17H30O12/c1-6(20)3-10(21)28-16-9(5-19)27-17(14(25)13(16)24)29-15-7(2)26-8(4-18)11(22)12(15)23/h6-9,11-20,22-25H,3-5H2,1-2H3/t6?,7-,8?,9?,11+,12?,13?,14-,15+,16+,17-/m0/s1. The van der Waals surface area contributed by atoms with Gasteiger partial charge in [-0.3, -0.25) is 4.79 Å². The number of carbonyl (C=O) groups is 1. The van der Waals surface area contributed by atoms with E-state index in [0.717, 1.165) is 0 Å². The van der Waals surface area contributed by atoms with Gasteiger partial charge in [-0.1, -0.05) is 0 Å². The smallest absolute Gasteiger partial charge is 0.308 e. The van der Waals surface area contributed by atoms with Gasteiger partial charge in [0.2, 0.25) is 0 Å². The second kappa shape index (κ2) is 10.4. The third-order valence-electron chi connectivity index (χ3n) is 4.94. The molecule has 170 valence electrons. The van der Waals surface area contributed by atoms with E-state index >= 15 is 0 Å². The molecule has 12 heteroatoms. The van der Waals surface area contributed by atoms with E-state index in [-0.39, 0.29) is 6.42 Å². The summed E-state index contributed by atoms with van der Waals surface area (Å²) in [6, 6.07) is 0. The highest BCUT2D eigenvalue weighted by Crippen LogP contribution is 2.30. The predicted molar refractivity (Wildman–Crippen MR) is 92.2 cm³/mol. The number of rotatable bonds is 7. The van der Waals surface area contributed by atoms with Crippen LogP contribution in [0.15, 0.2) is 0 Å². The highest BCUT2D eigenvalue weighted by molar-refractivity contribution is 5.70. The van der Waals surface area contributed by atoms with Gasteiger partial charge in [0.15, 0.2) is 12.4 Å². The van der Waals surface area contributed by atoms with Crippen molar-refractivity contribution in [2.75, 3.05) is 13.2 Å². The molecule has 0 aliphatic carbocycles. The van der Waals surface area contributed by atoms with Gasteiger partial charge in [-0.15, -0.1) is 0 Å². The molecule has 2 fully saturated rings. The Labute approximate surface area is 167 Å². The molecule has 0 aromatic rings. The molecule has 0 spiro atoms. The van der Waals surface area contributed by atoms with Crippen LogP contribution in [-0.4, -0.2) is 122 Å². The summed E-state index contributed by atoms with van der Waals surface area (Å²) < 4.78 is 21.3. The van der Waals surface area contributed by atoms with Gasteiger partial charge in [0, 0.05) is 0 Å². The lowest BCUT2D eigenvalue weighted by atomic mass is 9.95. The minimum Gasteiger partial charge on any atom is -0.457 e. The van der Waals surface area contributed by atoms with Crippen LogP contribution < -0.4 is 0 Å². The molecule has 2 heterocycles. The van der Waals surface area contributed by atoms with Crippen LogP contribution in [0.4, 0.5) is 0 Å². The molecule has 2 rings (SSSR count). The Bertz CT molecular complexity index is 529. The van der Waals surface area contributed by atoms with E-state index in [1.165, 1.54) is 13.8 Å². The van der Waals surface area contributed by atoms with Crippen LogP contribution in [0.25, 0.3) is 0 Å². The molecule has 0 radical (unpaired) electrons. The summed E-state index contributed by atoms with van der Waals surface area (Å²) in [4.78, 5) is 11.8. The van der Waals surface area contributed by atoms with Crippen molar-refractivity contribution in [3.63, 3.8) is 0 Å². The lowest BCUT2D eigenvalue weighted by molar-refractivity contribution is -0.340. The summed E-state index contributed by atoms with van der Waals surface area (Å²) in [5.74, 6) is -0.861. The highest BCUT2D eigenvalue weighted by atomic mass is 16.7. The van der Waals surface area contributed by atoms with Crippen molar-refractivity contribution in [3.05, 3.63) is 0 Å². The Morgan fingerprint density at radius 2 is 1.52 bits per heavy atom. The van der Waals surface area contributed by atoms with Crippen molar-refractivity contribution in [1.82, 2.24) is 0 Å². The fourth-order valence-corrected chi connectivity index (χ4v) is 3.37. The van der Waals surface area contributed by atoms with Crippen LogP contribution in [-0.2, 0) is 23.7 Å². The molecule has 2 aliphatic heterocycles. The van der Waals surface area contributed by atoms with Crippen LogP contribution in [0.2, 0.25) is 0 Å². The number of carbonyl (C=O) groups excluding carboxylic acids is 1. The summed E-state index contributed by atoms with van der Waals surface area (Å²) in [6.07, 6.45) is -15.0. The SMILES string of the molecule is CC(O)CC(=O)O[C@@H]1C(CO)O[C@@H](O[C@H]2C(O)[C@H](O)C(CO)O[C@H]2C)[C@@H](O)C1O. The molecule has 0 saturated carbocycles. The van der Waals surface area contributed by atoms with E-state index in [0.29, 0.717) is 0 Å². The third-order valence-corrected chi connectivity index (χ3v) is 4.94. The maximum absolute atomic E-state index is 11.8. The zero-order valence-corrected chi connectivity index (χ0v) is 16.1. The van der Waals surface area contributed by atoms with Crippen LogP contribution >= 0.6 is 0 Å². The number of ether oxygens (including phenoxy) is 4. The first kappa shape index (κ1) is 24.3. The van der Waals surface area contributed by atoms with Crippen molar-refractivity contribution in [3.8, 4) is 0 Å². The predicted octanol–water partition coefficient (Wildman–Crippen LogP) is -4.01. The Morgan fingerprint density at radius 3 is 2.07 bits per heavy atom. The quantitative estimate of drug-likeness (QED) is 0.195. The van der Waals surface area contributed by atoms with Gasteiger partial charge in [-0.25, -0.2) is 0 Å². The molecule has 2 aliphatic rings. The van der Waals surface area contributed by atoms with E-state index in [1.54, 1.807) is 0 Å². The summed E-state index contributed by atoms with van der Waals surface area (Å²) in [5, 5.41) is 68.9. The molecule has 7 N–H and O–H groups in total. The molecule has 0 amide bonds. The zero-order valence-electron chi connectivity index (χ0n) is 16.1. The minimum absolute atomic E-state index is 0.357. The summed E-state index contributed by atoms with van der Waals surface area (Å²) in [7, 11) is 0. The van der Waals surface area contributed by atoms with Crippen molar-refractivity contribution in [1.29, 1.82) is 0 Å². The first-order chi connectivity index (χ1) is 13.6. The summed E-state index contributed by atoms with van der Waals surface area (Å²) >= 11 is 0. The molecular formula is C17H30O12. The fraction of sp³-hybridized carbons (Fsp3) is 0.941. The topological polar surface area (TPSA) is 196 Å². The Kier molecular flexibility index (Phi) is 8.72. The van der Waals surface area contributed by atoms with Crippen LogP contribution in [0.5, 0.6) is 0 Å². The number of hydrogen-bond acceptors (Lipinski definition) is 12. The molecule has 12 nitrogen and oxygen atoms in total. The lowest BCUT2D eigenvalue weighted by Crippen LogP contribution is -2.64. The molecule has 2 saturated heterocycles. The van der Waals surface area contributed by atoms with E-state index in [9.17, 15) is 40.5 Å². The minimum atomic E-state index is -1.73. The maximum Gasteiger partial charge on any atom is 0.308 e. The Balaban J connectivity index is 2.07. The second-order valence-electron chi connectivity index (χ2n) is 7.36. The van der Waals surface area contributed by atoms with E-state index in [2.05, 4.69) is 0 Å². The number of esters is 1. The van der Waals surface area contributed by atoms with Gasteiger partial charge in [0.25, 0.3) is 0 Å². The maximum atomic E-state index is 11.8. The third kappa shape index (κ3) is 5.61. The van der Waals surface area contributed by atoms with E-state index in [1.807, 2.05) is 0 Å². The van der Waals surface area contributed by atoms with Crippen LogP contribution in [0.1, 0.15) is 20.3 Å². The van der Waals surface area contributed by atoms with Gasteiger partial charge in [-0.05, 0) is 13.8 Å². The van der Waals surface area contributed by atoms with Gasteiger partial charge in [0.1, 0.15) is 42.7 Å². The Morgan fingerprint density at radius 1 is 0.931 bits per heavy atom.